The first-order valence-electron chi connectivity index (χ1n) is 4.89. The van der Waals surface area contributed by atoms with Crippen LogP contribution in [0.1, 0.15) is 38.5 Å². The molecule has 0 bridgehead atoms. The Kier molecular flexibility index (Phi) is 1.99. The van der Waals surface area contributed by atoms with Gasteiger partial charge in [0.2, 0.25) is 0 Å². The number of rotatable bonds is 1. The molecule has 2 fully saturated rings. The fourth-order valence-electron chi connectivity index (χ4n) is 2.33. The maximum Gasteiger partial charge on any atom is 0.146 e. The molecule has 0 heterocycles. The maximum atomic E-state index is 11.5. The van der Waals surface area contributed by atoms with E-state index in [1.165, 1.54) is 0 Å². The minimum Gasteiger partial charge on any atom is -0.389 e. The zero-order chi connectivity index (χ0) is 9.47. The zero-order valence-corrected chi connectivity index (χ0v) is 7.58. The van der Waals surface area contributed by atoms with E-state index >= 15 is 0 Å². The molecule has 3 heteroatoms. The number of carbonyl (C=O) groups is 2. The Morgan fingerprint density at radius 1 is 1.31 bits per heavy atom. The first-order valence-corrected chi connectivity index (χ1v) is 4.89. The third-order valence-corrected chi connectivity index (χ3v) is 3.34. The van der Waals surface area contributed by atoms with Crippen molar-refractivity contribution in [3.8, 4) is 0 Å². The summed E-state index contributed by atoms with van der Waals surface area (Å²) in [6, 6.07) is 0. The van der Waals surface area contributed by atoms with E-state index in [9.17, 15) is 14.7 Å². The van der Waals surface area contributed by atoms with Crippen molar-refractivity contribution in [1.82, 2.24) is 0 Å². The van der Waals surface area contributed by atoms with Crippen molar-refractivity contribution in [2.75, 3.05) is 0 Å². The van der Waals surface area contributed by atoms with Crippen LogP contribution in [-0.4, -0.2) is 22.3 Å². The van der Waals surface area contributed by atoms with Gasteiger partial charge < -0.3 is 5.11 Å². The topological polar surface area (TPSA) is 54.4 Å². The van der Waals surface area contributed by atoms with Crippen molar-refractivity contribution < 1.29 is 14.7 Å². The van der Waals surface area contributed by atoms with Crippen molar-refractivity contribution in [3.63, 3.8) is 0 Å². The Bertz CT molecular complexity index is 253. The molecule has 2 aliphatic rings. The van der Waals surface area contributed by atoms with Crippen molar-refractivity contribution >= 4 is 11.6 Å². The van der Waals surface area contributed by atoms with Gasteiger partial charge in [-0.15, -0.1) is 0 Å². The predicted octanol–water partition coefficient (Wildman–Crippen LogP) is 0.840. The van der Waals surface area contributed by atoms with Crippen LogP contribution >= 0.6 is 0 Å². The Morgan fingerprint density at radius 2 is 2.00 bits per heavy atom. The normalized spacial score (nSPS) is 32.8. The molecule has 0 spiro atoms. The monoisotopic (exact) mass is 182 g/mol. The summed E-state index contributed by atoms with van der Waals surface area (Å²) in [6.07, 6.45) is 3.56. The van der Waals surface area contributed by atoms with E-state index in [0.29, 0.717) is 12.8 Å². The molecule has 0 aliphatic heterocycles. The Hall–Kier alpha value is -0.700. The maximum absolute atomic E-state index is 11.5. The highest BCUT2D eigenvalue weighted by atomic mass is 16.3. The van der Waals surface area contributed by atoms with E-state index in [1.807, 2.05) is 0 Å². The summed E-state index contributed by atoms with van der Waals surface area (Å²) >= 11 is 0. The molecule has 0 radical (unpaired) electrons. The van der Waals surface area contributed by atoms with Crippen LogP contribution in [0.4, 0.5) is 0 Å². The molecule has 13 heavy (non-hydrogen) atoms. The Morgan fingerprint density at radius 3 is 2.46 bits per heavy atom. The lowest BCUT2D eigenvalue weighted by Crippen LogP contribution is -2.49. The van der Waals surface area contributed by atoms with Gasteiger partial charge in [-0.3, -0.25) is 9.59 Å². The lowest BCUT2D eigenvalue weighted by molar-refractivity contribution is -0.148. The number of Topliss-reactive ketones (excluding diaryl/α,β-unsaturated/α-hetero) is 2. The first-order chi connectivity index (χ1) is 6.12. The van der Waals surface area contributed by atoms with Crippen LogP contribution in [0.15, 0.2) is 0 Å². The summed E-state index contributed by atoms with van der Waals surface area (Å²) in [6.45, 7) is 0. The Labute approximate surface area is 77.1 Å². The smallest absolute Gasteiger partial charge is 0.146 e. The number of carbonyl (C=O) groups excluding carboxylic acids is 2. The quantitative estimate of drug-likeness (QED) is 0.611. The van der Waals surface area contributed by atoms with Gasteiger partial charge in [0.25, 0.3) is 0 Å². The summed E-state index contributed by atoms with van der Waals surface area (Å²) < 4.78 is 0. The van der Waals surface area contributed by atoms with Gasteiger partial charge in [-0.1, -0.05) is 0 Å². The molecule has 0 saturated heterocycles. The fourth-order valence-corrected chi connectivity index (χ4v) is 2.33. The summed E-state index contributed by atoms with van der Waals surface area (Å²) in [4.78, 5) is 22.4. The molecule has 1 N–H and O–H groups in total. The van der Waals surface area contributed by atoms with Crippen LogP contribution in [-0.2, 0) is 9.59 Å². The molecule has 1 atom stereocenters. The van der Waals surface area contributed by atoms with Crippen molar-refractivity contribution in [1.29, 1.82) is 0 Å². The SMILES string of the molecule is O=C1CCC(C2(O)CCC2)C(=O)C1. The van der Waals surface area contributed by atoms with Gasteiger partial charge in [0.1, 0.15) is 11.6 Å². The molecule has 2 saturated carbocycles. The van der Waals surface area contributed by atoms with Crippen LogP contribution in [0, 0.1) is 5.92 Å². The van der Waals surface area contributed by atoms with Gasteiger partial charge in [-0.2, -0.15) is 0 Å². The van der Waals surface area contributed by atoms with Crippen LogP contribution in [0.3, 0.4) is 0 Å². The van der Waals surface area contributed by atoms with Gasteiger partial charge in [0.15, 0.2) is 0 Å². The largest absolute Gasteiger partial charge is 0.389 e. The van der Waals surface area contributed by atoms with Gasteiger partial charge in [-0.05, 0) is 25.7 Å². The zero-order valence-electron chi connectivity index (χ0n) is 7.58. The van der Waals surface area contributed by atoms with E-state index in [0.717, 1.165) is 19.3 Å². The molecule has 0 aromatic carbocycles. The highest BCUT2D eigenvalue weighted by Crippen LogP contribution is 2.42. The van der Waals surface area contributed by atoms with Gasteiger partial charge in [0.05, 0.1) is 12.0 Å². The number of hydrogen-bond donors (Lipinski definition) is 1. The highest BCUT2D eigenvalue weighted by Gasteiger charge is 2.47. The summed E-state index contributed by atoms with van der Waals surface area (Å²) in [5, 5.41) is 9.96. The lowest BCUT2D eigenvalue weighted by Gasteiger charge is -2.43. The van der Waals surface area contributed by atoms with Crippen molar-refractivity contribution in [3.05, 3.63) is 0 Å². The molecule has 3 nitrogen and oxygen atoms in total. The van der Waals surface area contributed by atoms with Crippen LogP contribution in [0.2, 0.25) is 0 Å². The van der Waals surface area contributed by atoms with E-state index in [-0.39, 0.29) is 23.9 Å². The molecule has 1 unspecified atom stereocenters. The number of hydrogen-bond acceptors (Lipinski definition) is 3. The standard InChI is InChI=1S/C10H14O3/c11-7-2-3-8(9(12)6-7)10(13)4-1-5-10/h8,13H,1-6H2. The average molecular weight is 182 g/mol. The van der Waals surface area contributed by atoms with Gasteiger partial charge in [-0.25, -0.2) is 0 Å². The summed E-state index contributed by atoms with van der Waals surface area (Å²) in [5.74, 6) is -0.262. The van der Waals surface area contributed by atoms with Crippen LogP contribution < -0.4 is 0 Å². The molecule has 2 rings (SSSR count). The molecule has 0 amide bonds. The van der Waals surface area contributed by atoms with Crippen LogP contribution in [0.5, 0.6) is 0 Å². The van der Waals surface area contributed by atoms with Crippen LogP contribution in [0.25, 0.3) is 0 Å². The Balaban J connectivity index is 2.07. The minimum atomic E-state index is -0.752. The summed E-state index contributed by atoms with van der Waals surface area (Å²) in [7, 11) is 0. The van der Waals surface area contributed by atoms with E-state index in [4.69, 9.17) is 0 Å². The predicted molar refractivity (Wildman–Crippen MR) is 46.2 cm³/mol. The van der Waals surface area contributed by atoms with E-state index in [2.05, 4.69) is 0 Å². The third kappa shape index (κ3) is 1.41. The number of ketones is 2. The molecule has 0 aromatic rings. The third-order valence-electron chi connectivity index (χ3n) is 3.34. The van der Waals surface area contributed by atoms with E-state index in [1.54, 1.807) is 0 Å². The van der Waals surface area contributed by atoms with Crippen molar-refractivity contribution in [2.24, 2.45) is 5.92 Å². The minimum absolute atomic E-state index is 0.0316. The average Bonchev–Trinajstić information content (AvgIpc) is 2.00. The lowest BCUT2D eigenvalue weighted by atomic mass is 9.65. The summed E-state index contributed by atoms with van der Waals surface area (Å²) in [5.41, 5.74) is -0.752. The van der Waals surface area contributed by atoms with Gasteiger partial charge in [0, 0.05) is 12.3 Å². The first kappa shape index (κ1) is 8.88. The molecule has 72 valence electrons. The molecule has 0 aromatic heterocycles. The van der Waals surface area contributed by atoms with E-state index < -0.39 is 5.60 Å². The second-order valence-electron chi connectivity index (χ2n) is 4.23. The van der Waals surface area contributed by atoms with Crippen molar-refractivity contribution in [2.45, 2.75) is 44.1 Å². The number of aliphatic hydroxyl groups is 1. The molecule has 2 aliphatic carbocycles. The highest BCUT2D eigenvalue weighted by molar-refractivity contribution is 6.02. The fraction of sp³-hybridized carbons (Fsp3) is 0.800. The second-order valence-corrected chi connectivity index (χ2v) is 4.23. The molecular weight excluding hydrogens is 168 g/mol. The molecular formula is C10H14O3. The second kappa shape index (κ2) is 2.91. The van der Waals surface area contributed by atoms with Gasteiger partial charge >= 0.3 is 0 Å².